The fourth-order valence-electron chi connectivity index (χ4n) is 4.04. The van der Waals surface area contributed by atoms with Gasteiger partial charge in [-0.05, 0) is 54.8 Å². The van der Waals surface area contributed by atoms with Crippen LogP contribution in [0.3, 0.4) is 0 Å². The molecule has 0 spiro atoms. The standard InChI is InChI=1S/C26H27N5O2S/c1-32-22-4-2-3-20(15-22)18-33-25-24(34-23-9-5-19(16-27)6-10-23)17-28-26(29-25)31-13-11-30(12-14-31)21-7-8-21/h2-6,9-10,15,17,21H,7-8,11-14,18H2,1H3. The van der Waals surface area contributed by atoms with E-state index in [0.29, 0.717) is 24.0 Å². The van der Waals surface area contributed by atoms with Crippen LogP contribution in [0.25, 0.3) is 0 Å². The average Bonchev–Trinajstić information content (AvgIpc) is 3.74. The van der Waals surface area contributed by atoms with Gasteiger partial charge in [-0.25, -0.2) is 4.98 Å². The molecule has 0 bridgehead atoms. The van der Waals surface area contributed by atoms with E-state index < -0.39 is 0 Å². The number of hydrogen-bond donors (Lipinski definition) is 0. The van der Waals surface area contributed by atoms with E-state index in [1.54, 1.807) is 7.11 Å². The van der Waals surface area contributed by atoms with Crippen LogP contribution in [0.2, 0.25) is 0 Å². The molecule has 1 saturated carbocycles. The molecule has 2 aliphatic rings. The number of rotatable bonds is 8. The fourth-order valence-corrected chi connectivity index (χ4v) is 4.86. The zero-order chi connectivity index (χ0) is 23.3. The van der Waals surface area contributed by atoms with Crippen LogP contribution < -0.4 is 14.4 Å². The van der Waals surface area contributed by atoms with Crippen molar-refractivity contribution in [2.45, 2.75) is 35.3 Å². The molecule has 8 heteroatoms. The van der Waals surface area contributed by atoms with Crippen LogP contribution in [-0.2, 0) is 6.61 Å². The minimum absolute atomic E-state index is 0.379. The van der Waals surface area contributed by atoms with Gasteiger partial charge in [0.1, 0.15) is 12.4 Å². The Morgan fingerprint density at radius 2 is 1.88 bits per heavy atom. The monoisotopic (exact) mass is 473 g/mol. The van der Waals surface area contributed by atoms with Gasteiger partial charge >= 0.3 is 0 Å². The first-order valence-corrected chi connectivity index (χ1v) is 12.3. The molecular formula is C26H27N5O2S. The second-order valence-electron chi connectivity index (χ2n) is 8.47. The van der Waals surface area contributed by atoms with E-state index in [2.05, 4.69) is 20.9 Å². The summed E-state index contributed by atoms with van der Waals surface area (Å²) < 4.78 is 11.6. The molecule has 7 nitrogen and oxygen atoms in total. The summed E-state index contributed by atoms with van der Waals surface area (Å²) in [7, 11) is 1.66. The second kappa shape index (κ2) is 10.3. The van der Waals surface area contributed by atoms with Gasteiger partial charge in [0.15, 0.2) is 0 Å². The third kappa shape index (κ3) is 5.44. The first-order valence-electron chi connectivity index (χ1n) is 11.5. The highest BCUT2D eigenvalue weighted by Gasteiger charge is 2.31. The summed E-state index contributed by atoms with van der Waals surface area (Å²) in [4.78, 5) is 16.2. The maximum atomic E-state index is 9.07. The van der Waals surface area contributed by atoms with E-state index in [1.165, 1.54) is 24.6 Å². The highest BCUT2D eigenvalue weighted by molar-refractivity contribution is 7.99. The molecule has 0 radical (unpaired) electrons. The van der Waals surface area contributed by atoms with Gasteiger partial charge in [-0.3, -0.25) is 4.90 Å². The Morgan fingerprint density at radius 3 is 2.59 bits per heavy atom. The lowest BCUT2D eigenvalue weighted by molar-refractivity contribution is 0.246. The molecule has 0 unspecified atom stereocenters. The number of nitriles is 1. The molecule has 3 aromatic rings. The SMILES string of the molecule is COc1cccc(COc2nc(N3CCN(C4CC4)CC3)ncc2Sc2ccc(C#N)cc2)c1. The van der Waals surface area contributed by atoms with Gasteiger partial charge in [0.25, 0.3) is 0 Å². The molecule has 1 aromatic heterocycles. The molecule has 0 atom stereocenters. The van der Waals surface area contributed by atoms with Crippen molar-refractivity contribution in [3.63, 3.8) is 0 Å². The van der Waals surface area contributed by atoms with Crippen LogP contribution in [0.15, 0.2) is 64.5 Å². The topological polar surface area (TPSA) is 74.5 Å². The van der Waals surface area contributed by atoms with Crippen LogP contribution in [0, 0.1) is 11.3 Å². The number of ether oxygens (including phenoxy) is 2. The van der Waals surface area contributed by atoms with E-state index in [-0.39, 0.29) is 0 Å². The second-order valence-corrected chi connectivity index (χ2v) is 9.59. The summed E-state index contributed by atoms with van der Waals surface area (Å²) in [6.45, 7) is 4.33. The quantitative estimate of drug-likeness (QED) is 0.477. The number of aromatic nitrogens is 2. The number of methoxy groups -OCH3 is 1. The van der Waals surface area contributed by atoms with E-state index in [1.807, 2.05) is 54.7 Å². The van der Waals surface area contributed by atoms with Gasteiger partial charge in [-0.1, -0.05) is 23.9 Å². The Kier molecular flexibility index (Phi) is 6.84. The molecule has 2 fully saturated rings. The molecule has 174 valence electrons. The Balaban J connectivity index is 1.35. The molecule has 1 aliphatic heterocycles. The predicted molar refractivity (Wildman–Crippen MR) is 131 cm³/mol. The average molecular weight is 474 g/mol. The minimum Gasteiger partial charge on any atom is -0.497 e. The van der Waals surface area contributed by atoms with E-state index >= 15 is 0 Å². The lowest BCUT2D eigenvalue weighted by Crippen LogP contribution is -2.47. The summed E-state index contributed by atoms with van der Waals surface area (Å²) in [5, 5.41) is 9.07. The molecule has 2 heterocycles. The zero-order valence-corrected chi connectivity index (χ0v) is 20.0. The largest absolute Gasteiger partial charge is 0.497 e. The minimum atomic E-state index is 0.379. The Hall–Kier alpha value is -3.28. The summed E-state index contributed by atoms with van der Waals surface area (Å²) >= 11 is 1.53. The van der Waals surface area contributed by atoms with E-state index in [9.17, 15) is 0 Å². The van der Waals surface area contributed by atoms with Crippen LogP contribution in [0.1, 0.15) is 24.0 Å². The number of anilines is 1. The maximum absolute atomic E-state index is 9.07. The summed E-state index contributed by atoms with van der Waals surface area (Å²) in [6, 6.07) is 18.3. The van der Waals surface area contributed by atoms with Gasteiger partial charge < -0.3 is 14.4 Å². The van der Waals surface area contributed by atoms with Crippen molar-refractivity contribution in [1.29, 1.82) is 5.26 Å². The summed E-state index contributed by atoms with van der Waals surface area (Å²) in [6.07, 6.45) is 4.51. The highest BCUT2D eigenvalue weighted by atomic mass is 32.2. The van der Waals surface area contributed by atoms with Gasteiger partial charge in [0.2, 0.25) is 11.8 Å². The molecular weight excluding hydrogens is 446 g/mol. The number of piperazine rings is 1. The van der Waals surface area contributed by atoms with Crippen molar-refractivity contribution in [3.8, 4) is 17.7 Å². The van der Waals surface area contributed by atoms with Gasteiger partial charge in [0.05, 0.1) is 29.8 Å². The smallest absolute Gasteiger partial charge is 0.232 e. The molecule has 1 aliphatic carbocycles. The van der Waals surface area contributed by atoms with Crippen molar-refractivity contribution in [3.05, 3.63) is 65.9 Å². The van der Waals surface area contributed by atoms with Crippen molar-refractivity contribution in [2.75, 3.05) is 38.2 Å². The van der Waals surface area contributed by atoms with Crippen LogP contribution in [0.5, 0.6) is 11.6 Å². The molecule has 2 aromatic carbocycles. The summed E-state index contributed by atoms with van der Waals surface area (Å²) in [5.41, 5.74) is 1.64. The lowest BCUT2D eigenvalue weighted by Gasteiger charge is -2.34. The predicted octanol–water partition coefficient (Wildman–Crippen LogP) is 4.37. The van der Waals surface area contributed by atoms with Crippen molar-refractivity contribution in [2.24, 2.45) is 0 Å². The number of nitrogens with zero attached hydrogens (tertiary/aromatic N) is 5. The van der Waals surface area contributed by atoms with Gasteiger partial charge in [0, 0.05) is 37.1 Å². The normalized spacial score (nSPS) is 16.2. The Bertz CT molecular complexity index is 1170. The Labute approximate surface area is 204 Å². The molecule has 34 heavy (non-hydrogen) atoms. The van der Waals surface area contributed by atoms with Gasteiger partial charge in [-0.2, -0.15) is 10.2 Å². The van der Waals surface area contributed by atoms with Crippen molar-refractivity contribution < 1.29 is 9.47 Å². The van der Waals surface area contributed by atoms with Gasteiger partial charge in [-0.15, -0.1) is 0 Å². The lowest BCUT2D eigenvalue weighted by atomic mass is 10.2. The van der Waals surface area contributed by atoms with Crippen LogP contribution >= 0.6 is 11.8 Å². The molecule has 5 rings (SSSR count). The first-order chi connectivity index (χ1) is 16.7. The fraction of sp³-hybridized carbons (Fsp3) is 0.346. The molecule has 0 N–H and O–H groups in total. The first kappa shape index (κ1) is 22.5. The van der Waals surface area contributed by atoms with E-state index in [4.69, 9.17) is 19.7 Å². The third-order valence-electron chi connectivity index (χ3n) is 6.09. The zero-order valence-electron chi connectivity index (χ0n) is 19.2. The van der Waals surface area contributed by atoms with Crippen molar-refractivity contribution >= 4 is 17.7 Å². The maximum Gasteiger partial charge on any atom is 0.232 e. The summed E-state index contributed by atoms with van der Waals surface area (Å²) in [5.74, 6) is 2.07. The van der Waals surface area contributed by atoms with E-state index in [0.717, 1.165) is 53.3 Å². The highest BCUT2D eigenvalue weighted by Crippen LogP contribution is 2.35. The number of benzene rings is 2. The van der Waals surface area contributed by atoms with Crippen LogP contribution in [-0.4, -0.2) is 54.2 Å². The van der Waals surface area contributed by atoms with Crippen LogP contribution in [0.4, 0.5) is 5.95 Å². The third-order valence-corrected chi connectivity index (χ3v) is 7.10. The van der Waals surface area contributed by atoms with Crippen molar-refractivity contribution in [1.82, 2.24) is 14.9 Å². The number of hydrogen-bond acceptors (Lipinski definition) is 8. The Morgan fingerprint density at radius 1 is 1.09 bits per heavy atom. The molecule has 1 saturated heterocycles. The molecule has 0 amide bonds.